The molecule has 3 nitrogen and oxygen atoms in total. The highest BCUT2D eigenvalue weighted by molar-refractivity contribution is 6.81. The minimum absolute atomic E-state index is 0.0276. The van der Waals surface area contributed by atoms with Crippen molar-refractivity contribution in [1.29, 1.82) is 0 Å². The largest absolute Gasteiger partial charge is 0.392 e. The molecule has 28 heavy (non-hydrogen) atoms. The topological polar surface area (TPSA) is 60.7 Å². The molecular formula is C24H32O3Si. The molecule has 1 aromatic carbocycles. The van der Waals surface area contributed by atoms with Crippen molar-refractivity contribution in [3.63, 3.8) is 0 Å². The van der Waals surface area contributed by atoms with Crippen molar-refractivity contribution in [2.75, 3.05) is 6.61 Å². The minimum Gasteiger partial charge on any atom is -0.392 e. The van der Waals surface area contributed by atoms with Gasteiger partial charge >= 0.3 is 0 Å². The van der Waals surface area contributed by atoms with Crippen LogP contribution in [-0.4, -0.2) is 42.2 Å². The van der Waals surface area contributed by atoms with E-state index in [0.717, 1.165) is 52.7 Å². The third-order valence-corrected chi connectivity index (χ3v) is 6.61. The lowest BCUT2D eigenvalue weighted by atomic mass is 9.90. The molecule has 3 rings (SSSR count). The highest BCUT2D eigenvalue weighted by Crippen LogP contribution is 2.46. The van der Waals surface area contributed by atoms with E-state index < -0.39 is 20.3 Å². The molecule has 2 atom stereocenters. The standard InChI is InChI=1S/C24H32O3Si/c1-16(13-14-25)11-12-18-8-5-7-17-9-6-10-19-22(21(17)18)20(15-28(2,3)4)24(27)23(19)26/h5,7-8,11-13,15,23-27H,6,9-10,14H2,1-4H3/b12-11-,16-13-,20-15-/t23-,24+/m0/s1. The van der Waals surface area contributed by atoms with E-state index in [1.807, 2.05) is 13.0 Å². The molecule has 2 aliphatic rings. The summed E-state index contributed by atoms with van der Waals surface area (Å²) in [5.41, 5.74) is 9.75. The first-order chi connectivity index (χ1) is 13.2. The second-order valence-corrected chi connectivity index (χ2v) is 14.0. The molecule has 0 fully saturated rings. The van der Waals surface area contributed by atoms with Crippen LogP contribution in [0.5, 0.6) is 0 Å². The first-order valence-corrected chi connectivity index (χ1v) is 13.7. The summed E-state index contributed by atoms with van der Waals surface area (Å²) in [7, 11) is -1.59. The zero-order valence-electron chi connectivity index (χ0n) is 17.4. The lowest BCUT2D eigenvalue weighted by Gasteiger charge is -2.20. The van der Waals surface area contributed by atoms with Gasteiger partial charge in [0.2, 0.25) is 0 Å². The van der Waals surface area contributed by atoms with Crippen molar-refractivity contribution in [3.8, 4) is 0 Å². The molecule has 150 valence electrons. The maximum absolute atomic E-state index is 10.9. The molecule has 1 aromatic rings. The summed E-state index contributed by atoms with van der Waals surface area (Å²) < 4.78 is 0. The molecule has 0 aromatic heterocycles. The molecule has 3 N–H and O–H groups in total. The van der Waals surface area contributed by atoms with Crippen LogP contribution in [0.15, 0.2) is 52.8 Å². The van der Waals surface area contributed by atoms with Gasteiger partial charge in [0.1, 0.15) is 12.2 Å². The maximum Gasteiger partial charge on any atom is 0.109 e. The average molecular weight is 397 g/mol. The summed E-state index contributed by atoms with van der Waals surface area (Å²) >= 11 is 0. The summed E-state index contributed by atoms with van der Waals surface area (Å²) in [6.07, 6.45) is 7.00. The van der Waals surface area contributed by atoms with Gasteiger partial charge in [0.05, 0.1) is 14.7 Å². The summed E-state index contributed by atoms with van der Waals surface area (Å²) in [4.78, 5) is 0. The average Bonchev–Trinajstić information content (AvgIpc) is 2.77. The van der Waals surface area contributed by atoms with E-state index in [0.29, 0.717) is 0 Å². The predicted molar refractivity (Wildman–Crippen MR) is 120 cm³/mol. The number of rotatable bonds is 4. The van der Waals surface area contributed by atoms with E-state index in [4.69, 9.17) is 5.11 Å². The number of hydrogen-bond donors (Lipinski definition) is 3. The Balaban J connectivity index is 2.22. The number of fused-ring (bicyclic) bond motifs is 2. The molecule has 0 heterocycles. The number of aryl methyl sites for hydroxylation is 1. The molecule has 2 aliphatic carbocycles. The van der Waals surface area contributed by atoms with E-state index in [1.54, 1.807) is 6.08 Å². The normalized spacial score (nSPS) is 24.7. The number of aliphatic hydroxyl groups excluding tert-OH is 3. The second kappa shape index (κ2) is 8.33. The fourth-order valence-electron chi connectivity index (χ4n) is 4.22. The van der Waals surface area contributed by atoms with Gasteiger partial charge in [-0.05, 0) is 59.6 Å². The van der Waals surface area contributed by atoms with Crippen LogP contribution >= 0.6 is 0 Å². The second-order valence-electron chi connectivity index (χ2n) is 8.95. The Morgan fingerprint density at radius 1 is 1.14 bits per heavy atom. The summed E-state index contributed by atoms with van der Waals surface area (Å²) in [5, 5.41) is 30.8. The van der Waals surface area contributed by atoms with Crippen LogP contribution in [0.4, 0.5) is 0 Å². The molecule has 0 radical (unpaired) electrons. The van der Waals surface area contributed by atoms with Crippen molar-refractivity contribution in [2.24, 2.45) is 0 Å². The number of benzene rings is 1. The summed E-state index contributed by atoms with van der Waals surface area (Å²) in [6, 6.07) is 6.35. The van der Waals surface area contributed by atoms with E-state index in [-0.39, 0.29) is 6.61 Å². The Kier molecular flexibility index (Phi) is 6.25. The smallest absolute Gasteiger partial charge is 0.109 e. The van der Waals surface area contributed by atoms with Crippen LogP contribution in [-0.2, 0) is 6.42 Å². The van der Waals surface area contributed by atoms with Gasteiger partial charge in [0.15, 0.2) is 0 Å². The van der Waals surface area contributed by atoms with Crippen molar-refractivity contribution >= 4 is 19.7 Å². The van der Waals surface area contributed by atoms with Crippen LogP contribution in [0.2, 0.25) is 19.6 Å². The number of aliphatic hydroxyl groups is 3. The Labute approximate surface area is 169 Å². The zero-order valence-corrected chi connectivity index (χ0v) is 18.4. The van der Waals surface area contributed by atoms with Crippen molar-refractivity contribution in [1.82, 2.24) is 0 Å². The highest BCUT2D eigenvalue weighted by atomic mass is 28.3. The van der Waals surface area contributed by atoms with Crippen LogP contribution in [0.25, 0.3) is 11.6 Å². The van der Waals surface area contributed by atoms with Gasteiger partial charge in [-0.15, -0.1) is 0 Å². The third-order valence-electron chi connectivity index (χ3n) is 5.44. The Morgan fingerprint density at radius 2 is 1.89 bits per heavy atom. The molecule has 4 heteroatoms. The van der Waals surface area contributed by atoms with E-state index in [1.165, 1.54) is 5.56 Å². The predicted octanol–water partition coefficient (Wildman–Crippen LogP) is 4.27. The molecule has 0 saturated heterocycles. The molecule has 0 bridgehead atoms. The lowest BCUT2D eigenvalue weighted by molar-refractivity contribution is 0.0741. The first-order valence-electron chi connectivity index (χ1n) is 10.1. The first kappa shape index (κ1) is 21.0. The van der Waals surface area contributed by atoms with Gasteiger partial charge < -0.3 is 15.3 Å². The summed E-state index contributed by atoms with van der Waals surface area (Å²) in [6.45, 7) is 8.76. The Hall–Kier alpha value is -1.72. The molecule has 0 aliphatic heterocycles. The van der Waals surface area contributed by atoms with Gasteiger partial charge in [0, 0.05) is 0 Å². The van der Waals surface area contributed by atoms with Crippen LogP contribution in [0.1, 0.15) is 36.5 Å². The number of hydrogen-bond acceptors (Lipinski definition) is 3. The van der Waals surface area contributed by atoms with E-state index in [2.05, 4.69) is 49.6 Å². The van der Waals surface area contributed by atoms with Crippen molar-refractivity contribution in [2.45, 2.75) is 58.0 Å². The van der Waals surface area contributed by atoms with E-state index >= 15 is 0 Å². The highest BCUT2D eigenvalue weighted by Gasteiger charge is 2.39. The van der Waals surface area contributed by atoms with Crippen LogP contribution in [0, 0.1) is 0 Å². The van der Waals surface area contributed by atoms with Crippen molar-refractivity contribution in [3.05, 3.63) is 69.5 Å². The van der Waals surface area contributed by atoms with Gasteiger partial charge in [-0.1, -0.05) is 67.3 Å². The number of allylic oxidation sites excluding steroid dienone is 2. The van der Waals surface area contributed by atoms with Crippen LogP contribution in [0.3, 0.4) is 0 Å². The molecule has 0 amide bonds. The van der Waals surface area contributed by atoms with Gasteiger partial charge in [-0.3, -0.25) is 0 Å². The molecular weight excluding hydrogens is 364 g/mol. The molecule has 0 unspecified atom stereocenters. The van der Waals surface area contributed by atoms with Crippen LogP contribution < -0.4 is 0 Å². The Morgan fingerprint density at radius 3 is 2.57 bits per heavy atom. The van der Waals surface area contributed by atoms with Gasteiger partial charge in [0.25, 0.3) is 0 Å². The van der Waals surface area contributed by atoms with E-state index in [9.17, 15) is 10.2 Å². The zero-order chi connectivity index (χ0) is 20.5. The van der Waals surface area contributed by atoms with Gasteiger partial charge in [-0.2, -0.15) is 0 Å². The Bertz CT molecular complexity index is 868. The lowest BCUT2D eigenvalue weighted by Crippen LogP contribution is -2.26. The third kappa shape index (κ3) is 4.30. The fourth-order valence-corrected chi connectivity index (χ4v) is 5.47. The molecule has 0 saturated carbocycles. The SMILES string of the molecule is CC(/C=C\c1cccc2c1C1=C(CCC2)[C@H](O)[C@H](O)/C1=C\[Si](C)(C)C)=C/CO. The monoisotopic (exact) mass is 396 g/mol. The van der Waals surface area contributed by atoms with Gasteiger partial charge in [-0.25, -0.2) is 0 Å². The minimum atomic E-state index is -1.59. The van der Waals surface area contributed by atoms with Crippen molar-refractivity contribution < 1.29 is 15.3 Å². The molecule has 0 spiro atoms. The fraction of sp³-hybridized carbons (Fsp3) is 0.417. The quantitative estimate of drug-likeness (QED) is 0.526. The maximum atomic E-state index is 10.9. The summed E-state index contributed by atoms with van der Waals surface area (Å²) in [5.74, 6) is 0.